The van der Waals surface area contributed by atoms with Crippen LogP contribution < -0.4 is 0 Å². The third-order valence-electron chi connectivity index (χ3n) is 3.44. The molecule has 1 aromatic rings. The second kappa shape index (κ2) is 7.09. The van der Waals surface area contributed by atoms with Crippen LogP contribution in [0.25, 0.3) is 0 Å². The van der Waals surface area contributed by atoms with Crippen molar-refractivity contribution in [3.8, 4) is 0 Å². The lowest BCUT2D eigenvalue weighted by Gasteiger charge is -2.29. The van der Waals surface area contributed by atoms with E-state index in [4.69, 9.17) is 9.47 Å². The Morgan fingerprint density at radius 2 is 1.65 bits per heavy atom. The maximum absolute atomic E-state index is 13.1. The fourth-order valence-electron chi connectivity index (χ4n) is 2.36. The predicted octanol–water partition coefficient (Wildman–Crippen LogP) is 3.83. The second-order valence-corrected chi connectivity index (χ2v) is 5.16. The molecular weight excluding hydrogens is 269 g/mol. The summed E-state index contributed by atoms with van der Waals surface area (Å²) in [6.07, 6.45) is 2.71. The number of aryl methyl sites for hydroxylation is 1. The smallest absolute Gasteiger partial charge is 0.194 e. The van der Waals surface area contributed by atoms with Crippen LogP contribution in [0, 0.1) is 23.4 Å². The summed E-state index contributed by atoms with van der Waals surface area (Å²) >= 11 is 0. The lowest BCUT2D eigenvalue weighted by molar-refractivity contribution is -0.203. The lowest BCUT2D eigenvalue weighted by Crippen LogP contribution is -2.32. The van der Waals surface area contributed by atoms with Crippen molar-refractivity contribution in [2.45, 2.75) is 38.9 Å². The van der Waals surface area contributed by atoms with Gasteiger partial charge >= 0.3 is 0 Å². The summed E-state index contributed by atoms with van der Waals surface area (Å²) in [6.45, 7) is 3.43. The molecule has 2 nitrogen and oxygen atoms in total. The van der Waals surface area contributed by atoms with Crippen molar-refractivity contribution in [2.24, 2.45) is 5.92 Å². The molecular formula is C15H19F3O2. The van der Waals surface area contributed by atoms with E-state index >= 15 is 0 Å². The number of benzene rings is 1. The molecule has 0 atom stereocenters. The first-order chi connectivity index (χ1) is 9.60. The lowest BCUT2D eigenvalue weighted by atomic mass is 10.0. The molecule has 0 aliphatic carbocycles. The average Bonchev–Trinajstić information content (AvgIpc) is 2.44. The van der Waals surface area contributed by atoms with Gasteiger partial charge in [-0.3, -0.25) is 0 Å². The molecule has 112 valence electrons. The molecule has 0 unspecified atom stereocenters. The van der Waals surface area contributed by atoms with Gasteiger partial charge in [-0.05, 0) is 30.5 Å². The van der Waals surface area contributed by atoms with E-state index in [1.165, 1.54) is 0 Å². The highest BCUT2D eigenvalue weighted by molar-refractivity contribution is 5.19. The molecule has 0 spiro atoms. The van der Waals surface area contributed by atoms with Gasteiger partial charge in [-0.25, -0.2) is 13.2 Å². The number of rotatable bonds is 5. The Morgan fingerprint density at radius 1 is 1.05 bits per heavy atom. The summed E-state index contributed by atoms with van der Waals surface area (Å²) < 4.78 is 50.1. The predicted molar refractivity (Wildman–Crippen MR) is 68.7 cm³/mol. The summed E-state index contributed by atoms with van der Waals surface area (Å²) in [5, 5.41) is 0. The highest BCUT2D eigenvalue weighted by Crippen LogP contribution is 2.20. The molecule has 1 saturated heterocycles. The van der Waals surface area contributed by atoms with Crippen LogP contribution in [0.3, 0.4) is 0 Å². The highest BCUT2D eigenvalue weighted by Gasteiger charge is 2.21. The van der Waals surface area contributed by atoms with Gasteiger partial charge in [-0.1, -0.05) is 13.3 Å². The molecule has 0 amide bonds. The van der Waals surface area contributed by atoms with Crippen molar-refractivity contribution in [3.05, 3.63) is 35.1 Å². The normalized spacial score (nSPS) is 23.0. The third kappa shape index (κ3) is 3.96. The zero-order chi connectivity index (χ0) is 14.5. The zero-order valence-corrected chi connectivity index (χ0v) is 11.5. The van der Waals surface area contributed by atoms with Crippen LogP contribution >= 0.6 is 0 Å². The van der Waals surface area contributed by atoms with E-state index in [0.29, 0.717) is 37.5 Å². The fourth-order valence-corrected chi connectivity index (χ4v) is 2.36. The molecule has 2 rings (SSSR count). The quantitative estimate of drug-likeness (QED) is 0.767. The molecule has 1 aromatic carbocycles. The van der Waals surface area contributed by atoms with Gasteiger partial charge in [0, 0.05) is 12.3 Å². The Labute approximate surface area is 116 Å². The minimum absolute atomic E-state index is 0.348. The van der Waals surface area contributed by atoms with E-state index in [-0.39, 0.29) is 6.29 Å². The second-order valence-electron chi connectivity index (χ2n) is 5.16. The van der Waals surface area contributed by atoms with E-state index in [9.17, 15) is 13.2 Å². The van der Waals surface area contributed by atoms with Crippen LogP contribution in [-0.4, -0.2) is 19.5 Å². The standard InChI is InChI=1S/C15H19F3O2/c1-2-3-11-8-19-14(20-9-11)5-4-10-6-12(16)15(18)13(17)7-10/h6-7,11,14H,2-5,8-9H2,1H3. The summed E-state index contributed by atoms with van der Waals surface area (Å²) in [6, 6.07) is 2.03. The number of hydrogen-bond donors (Lipinski definition) is 0. The Bertz CT molecular complexity index is 420. The van der Waals surface area contributed by atoms with Gasteiger partial charge in [-0.2, -0.15) is 0 Å². The van der Waals surface area contributed by atoms with Crippen LogP contribution in [0.1, 0.15) is 31.7 Å². The van der Waals surface area contributed by atoms with Crippen LogP contribution in [0.4, 0.5) is 13.2 Å². The molecule has 0 radical (unpaired) electrons. The van der Waals surface area contributed by atoms with Gasteiger partial charge < -0.3 is 9.47 Å². The topological polar surface area (TPSA) is 18.5 Å². The molecule has 20 heavy (non-hydrogen) atoms. The Kier molecular flexibility index (Phi) is 5.43. The minimum Gasteiger partial charge on any atom is -0.352 e. The maximum atomic E-state index is 13.1. The molecule has 1 heterocycles. The largest absolute Gasteiger partial charge is 0.352 e. The van der Waals surface area contributed by atoms with Gasteiger partial charge in [0.05, 0.1) is 13.2 Å². The molecule has 0 N–H and O–H groups in total. The molecule has 0 saturated carbocycles. The number of halogens is 3. The van der Waals surface area contributed by atoms with E-state index in [0.717, 1.165) is 25.0 Å². The van der Waals surface area contributed by atoms with Crippen molar-refractivity contribution in [1.82, 2.24) is 0 Å². The van der Waals surface area contributed by atoms with Crippen LogP contribution in [0.2, 0.25) is 0 Å². The third-order valence-corrected chi connectivity index (χ3v) is 3.44. The Hall–Kier alpha value is -1.07. The fraction of sp³-hybridized carbons (Fsp3) is 0.600. The molecule has 1 aliphatic rings. The van der Waals surface area contributed by atoms with Crippen molar-refractivity contribution >= 4 is 0 Å². The summed E-state index contributed by atoms with van der Waals surface area (Å²) in [5.74, 6) is -3.32. The van der Waals surface area contributed by atoms with Crippen molar-refractivity contribution < 1.29 is 22.6 Å². The van der Waals surface area contributed by atoms with Gasteiger partial charge in [0.1, 0.15) is 0 Å². The van der Waals surface area contributed by atoms with Crippen molar-refractivity contribution in [2.75, 3.05) is 13.2 Å². The molecule has 0 bridgehead atoms. The molecule has 0 aromatic heterocycles. The molecule has 1 fully saturated rings. The van der Waals surface area contributed by atoms with Crippen LogP contribution in [-0.2, 0) is 15.9 Å². The van der Waals surface area contributed by atoms with E-state index in [1.807, 2.05) is 0 Å². The van der Waals surface area contributed by atoms with Gasteiger partial charge in [0.2, 0.25) is 0 Å². The molecule has 1 aliphatic heterocycles. The number of hydrogen-bond acceptors (Lipinski definition) is 2. The Morgan fingerprint density at radius 3 is 2.20 bits per heavy atom. The summed E-state index contributed by atoms with van der Waals surface area (Å²) in [7, 11) is 0. The van der Waals surface area contributed by atoms with Crippen molar-refractivity contribution in [3.63, 3.8) is 0 Å². The zero-order valence-electron chi connectivity index (χ0n) is 11.5. The van der Waals surface area contributed by atoms with E-state index < -0.39 is 17.5 Å². The van der Waals surface area contributed by atoms with Crippen molar-refractivity contribution in [1.29, 1.82) is 0 Å². The minimum atomic E-state index is -1.43. The van der Waals surface area contributed by atoms with E-state index in [2.05, 4.69) is 6.92 Å². The van der Waals surface area contributed by atoms with Crippen LogP contribution in [0.5, 0.6) is 0 Å². The maximum Gasteiger partial charge on any atom is 0.194 e. The van der Waals surface area contributed by atoms with Crippen LogP contribution in [0.15, 0.2) is 12.1 Å². The Balaban J connectivity index is 1.82. The number of ether oxygens (including phenoxy) is 2. The first kappa shape index (κ1) is 15.3. The highest BCUT2D eigenvalue weighted by atomic mass is 19.2. The van der Waals surface area contributed by atoms with E-state index in [1.54, 1.807) is 0 Å². The first-order valence-electron chi connectivity index (χ1n) is 6.96. The summed E-state index contributed by atoms with van der Waals surface area (Å²) in [4.78, 5) is 0. The average molecular weight is 288 g/mol. The summed E-state index contributed by atoms with van der Waals surface area (Å²) in [5.41, 5.74) is 0.407. The van der Waals surface area contributed by atoms with Gasteiger partial charge in [0.15, 0.2) is 23.7 Å². The van der Waals surface area contributed by atoms with Gasteiger partial charge in [0.25, 0.3) is 0 Å². The van der Waals surface area contributed by atoms with Gasteiger partial charge in [-0.15, -0.1) is 0 Å². The SMILES string of the molecule is CCCC1COC(CCc2cc(F)c(F)c(F)c2)OC1. The first-order valence-corrected chi connectivity index (χ1v) is 6.96. The monoisotopic (exact) mass is 288 g/mol. The molecule has 5 heteroatoms.